The summed E-state index contributed by atoms with van der Waals surface area (Å²) in [5.74, 6) is -1.65. The van der Waals surface area contributed by atoms with Crippen molar-refractivity contribution in [2.45, 2.75) is 63.9 Å². The molecular formula is C28H30ClF4N3O5. The lowest BCUT2D eigenvalue weighted by atomic mass is 9.97. The first-order valence-electron chi connectivity index (χ1n) is 13.0. The second-order valence-electron chi connectivity index (χ2n) is 10.9. The van der Waals surface area contributed by atoms with Crippen LogP contribution in [0, 0.1) is 5.82 Å². The Hall–Kier alpha value is -3.54. The summed E-state index contributed by atoms with van der Waals surface area (Å²) >= 11 is 5.65. The number of piperidine rings is 1. The van der Waals surface area contributed by atoms with Gasteiger partial charge in [0.1, 0.15) is 23.2 Å². The summed E-state index contributed by atoms with van der Waals surface area (Å²) in [5.41, 5.74) is -1.46. The molecule has 1 fully saturated rings. The van der Waals surface area contributed by atoms with Crippen LogP contribution in [-0.4, -0.2) is 60.2 Å². The normalized spacial score (nSPS) is 19.0. The van der Waals surface area contributed by atoms with Crippen molar-refractivity contribution < 1.29 is 41.4 Å². The molecule has 0 saturated carbocycles. The molecule has 2 heterocycles. The number of rotatable bonds is 5. The second-order valence-corrected chi connectivity index (χ2v) is 11.3. The van der Waals surface area contributed by atoms with Gasteiger partial charge in [-0.15, -0.1) is 0 Å². The molecule has 2 aromatic rings. The molecule has 3 amide bonds. The van der Waals surface area contributed by atoms with Crippen LogP contribution in [0.4, 0.5) is 28.0 Å². The number of likely N-dealkylation sites (tertiary alicyclic amines) is 1. The van der Waals surface area contributed by atoms with Crippen LogP contribution < -0.4 is 15.0 Å². The average Bonchev–Trinajstić information content (AvgIpc) is 3.31. The van der Waals surface area contributed by atoms with E-state index < -0.39 is 59.8 Å². The fraction of sp³-hybridized carbons (Fsp3) is 0.464. The lowest BCUT2D eigenvalue weighted by Crippen LogP contribution is -2.59. The van der Waals surface area contributed by atoms with Crippen molar-refractivity contribution >= 4 is 35.2 Å². The smallest absolute Gasteiger partial charge is 0.416 e. The number of hydrogen-bond donors (Lipinski definition) is 1. The third-order valence-electron chi connectivity index (χ3n) is 6.72. The number of halogens is 5. The maximum atomic E-state index is 13.7. The highest BCUT2D eigenvalue weighted by Gasteiger charge is 2.43. The largest absolute Gasteiger partial charge is 0.484 e. The molecule has 222 valence electrons. The van der Waals surface area contributed by atoms with Gasteiger partial charge in [-0.05, 0) is 69.9 Å². The number of hydrogen-bond acceptors (Lipinski definition) is 5. The number of carbonyl (C=O) groups excluding carboxylic acids is 3. The first-order chi connectivity index (χ1) is 19.1. The zero-order valence-electron chi connectivity index (χ0n) is 22.7. The van der Waals surface area contributed by atoms with Crippen LogP contribution in [0.1, 0.15) is 44.7 Å². The molecule has 13 heteroatoms. The summed E-state index contributed by atoms with van der Waals surface area (Å²) < 4.78 is 65.1. The van der Waals surface area contributed by atoms with Crippen molar-refractivity contribution in [2.24, 2.45) is 0 Å². The Kier molecular flexibility index (Phi) is 8.72. The standard InChI is InChI=1S/C28H30ClF4N3O5/c1-27(2,3)41-26(39)36-14-16(34-24(37)15-40-17-8-9-20(29)21(30)13-17)7-10-23(36)25(38)35-12-11-18-19(28(31,32)33)5-4-6-22(18)35/h4-6,8-9,13,16,23H,7,10-12,14-15H2,1-3H3,(H,34,37)/t16?,23-/m0/s1. The van der Waals surface area contributed by atoms with Crippen molar-refractivity contribution in [3.63, 3.8) is 0 Å². The molecule has 1 unspecified atom stereocenters. The van der Waals surface area contributed by atoms with Gasteiger partial charge in [-0.3, -0.25) is 14.5 Å². The van der Waals surface area contributed by atoms with Gasteiger partial charge in [-0.1, -0.05) is 17.7 Å². The lowest BCUT2D eigenvalue weighted by Gasteiger charge is -2.40. The first kappa shape index (κ1) is 30.4. The van der Waals surface area contributed by atoms with Gasteiger partial charge in [-0.25, -0.2) is 9.18 Å². The molecule has 41 heavy (non-hydrogen) atoms. The van der Waals surface area contributed by atoms with Crippen molar-refractivity contribution in [3.05, 3.63) is 58.4 Å². The fourth-order valence-corrected chi connectivity index (χ4v) is 5.08. The summed E-state index contributed by atoms with van der Waals surface area (Å²) in [7, 11) is 0. The monoisotopic (exact) mass is 599 g/mol. The highest BCUT2D eigenvalue weighted by molar-refractivity contribution is 6.30. The molecule has 2 aliphatic rings. The van der Waals surface area contributed by atoms with E-state index in [1.165, 1.54) is 34.1 Å². The van der Waals surface area contributed by atoms with Gasteiger partial charge in [0.2, 0.25) is 5.91 Å². The third-order valence-corrected chi connectivity index (χ3v) is 7.03. The SMILES string of the molecule is CC(C)(C)OC(=O)N1CC(NC(=O)COc2ccc(Cl)c(F)c2)CC[C@H]1C(=O)N1CCc2c1cccc2C(F)(F)F. The summed E-state index contributed by atoms with van der Waals surface area (Å²) in [4.78, 5) is 41.9. The van der Waals surface area contributed by atoms with E-state index in [9.17, 15) is 31.9 Å². The van der Waals surface area contributed by atoms with E-state index >= 15 is 0 Å². The number of benzene rings is 2. The maximum absolute atomic E-state index is 13.7. The van der Waals surface area contributed by atoms with Crippen LogP contribution in [0.2, 0.25) is 5.02 Å². The van der Waals surface area contributed by atoms with E-state index in [-0.39, 0.29) is 48.0 Å². The maximum Gasteiger partial charge on any atom is 0.416 e. The molecule has 1 N–H and O–H groups in total. The van der Waals surface area contributed by atoms with Crippen LogP contribution in [0.15, 0.2) is 36.4 Å². The number of nitrogens with zero attached hydrogens (tertiary/aromatic N) is 2. The lowest BCUT2D eigenvalue weighted by molar-refractivity contribution is -0.138. The molecule has 2 atom stereocenters. The first-order valence-corrected chi connectivity index (χ1v) is 13.4. The molecule has 1 saturated heterocycles. The molecule has 4 rings (SSSR count). The molecule has 0 spiro atoms. The number of amides is 3. The van der Waals surface area contributed by atoms with Gasteiger partial charge < -0.3 is 19.7 Å². The van der Waals surface area contributed by atoms with Crippen LogP contribution >= 0.6 is 11.6 Å². The Morgan fingerprint density at radius 2 is 1.83 bits per heavy atom. The average molecular weight is 600 g/mol. The molecule has 8 nitrogen and oxygen atoms in total. The topological polar surface area (TPSA) is 88.2 Å². The van der Waals surface area contributed by atoms with Gasteiger partial charge in [-0.2, -0.15) is 13.2 Å². The van der Waals surface area contributed by atoms with Crippen LogP contribution in [0.3, 0.4) is 0 Å². The minimum absolute atomic E-state index is 0.0338. The molecule has 0 radical (unpaired) electrons. The van der Waals surface area contributed by atoms with Crippen LogP contribution in [0.25, 0.3) is 0 Å². The summed E-state index contributed by atoms with van der Waals surface area (Å²) in [5, 5.41) is 2.66. The minimum atomic E-state index is -4.56. The highest BCUT2D eigenvalue weighted by Crippen LogP contribution is 2.40. The summed E-state index contributed by atoms with van der Waals surface area (Å²) in [6.07, 6.45) is -4.87. The van der Waals surface area contributed by atoms with Crippen molar-refractivity contribution in [1.29, 1.82) is 0 Å². The molecule has 2 aromatic carbocycles. The summed E-state index contributed by atoms with van der Waals surface area (Å²) in [6.45, 7) is 4.53. The molecule has 0 aromatic heterocycles. The molecular weight excluding hydrogens is 570 g/mol. The van der Waals surface area contributed by atoms with Gasteiger partial charge in [0, 0.05) is 30.9 Å². The Labute approximate surface area is 239 Å². The second kappa shape index (κ2) is 11.8. The Morgan fingerprint density at radius 1 is 1.10 bits per heavy atom. The zero-order valence-corrected chi connectivity index (χ0v) is 23.4. The third kappa shape index (κ3) is 7.22. The Balaban J connectivity index is 1.47. The van der Waals surface area contributed by atoms with Crippen molar-refractivity contribution in [3.8, 4) is 5.75 Å². The van der Waals surface area contributed by atoms with E-state index in [1.807, 2.05) is 0 Å². The van der Waals surface area contributed by atoms with Crippen molar-refractivity contribution in [2.75, 3.05) is 24.6 Å². The van der Waals surface area contributed by atoms with Crippen LogP contribution in [0.5, 0.6) is 5.75 Å². The number of ether oxygens (including phenoxy) is 2. The zero-order chi connectivity index (χ0) is 30.1. The van der Waals surface area contributed by atoms with Gasteiger partial charge >= 0.3 is 12.3 Å². The number of nitrogens with one attached hydrogen (secondary N) is 1. The molecule has 0 bridgehead atoms. The van der Waals surface area contributed by atoms with Gasteiger partial charge in [0.15, 0.2) is 6.61 Å². The fourth-order valence-electron chi connectivity index (χ4n) is 4.96. The highest BCUT2D eigenvalue weighted by atomic mass is 35.5. The predicted molar refractivity (Wildman–Crippen MR) is 142 cm³/mol. The molecule has 0 aliphatic carbocycles. The number of carbonyl (C=O) groups is 3. The van der Waals surface area contributed by atoms with Gasteiger partial charge in [0.25, 0.3) is 5.91 Å². The van der Waals surface area contributed by atoms with E-state index in [0.29, 0.717) is 6.42 Å². The quantitative estimate of drug-likeness (QED) is 0.468. The van der Waals surface area contributed by atoms with E-state index in [4.69, 9.17) is 21.1 Å². The van der Waals surface area contributed by atoms with Crippen molar-refractivity contribution in [1.82, 2.24) is 10.2 Å². The number of anilines is 1. The molecule has 2 aliphatic heterocycles. The van der Waals surface area contributed by atoms with E-state index in [0.717, 1.165) is 12.1 Å². The Morgan fingerprint density at radius 3 is 2.49 bits per heavy atom. The van der Waals surface area contributed by atoms with E-state index in [2.05, 4.69) is 5.32 Å². The summed E-state index contributed by atoms with van der Waals surface area (Å²) in [6, 6.07) is 5.89. The van der Waals surface area contributed by atoms with Crippen LogP contribution in [-0.2, 0) is 26.9 Å². The van der Waals surface area contributed by atoms with Gasteiger partial charge in [0.05, 0.1) is 10.6 Å². The number of fused-ring (bicyclic) bond motifs is 1. The predicted octanol–water partition coefficient (Wildman–Crippen LogP) is 5.35. The number of alkyl halides is 3. The minimum Gasteiger partial charge on any atom is -0.484 e. The van der Waals surface area contributed by atoms with E-state index in [1.54, 1.807) is 20.8 Å². The Bertz CT molecular complexity index is 1330.